The Morgan fingerprint density at radius 1 is 1.24 bits per heavy atom. The topological polar surface area (TPSA) is 97.4 Å². The van der Waals surface area contributed by atoms with E-state index in [9.17, 15) is 28.1 Å². The number of nitro benzene ring substituents is 1. The van der Waals surface area contributed by atoms with Gasteiger partial charge in [-0.25, -0.2) is 0 Å². The minimum absolute atomic E-state index is 0.138. The van der Waals surface area contributed by atoms with Gasteiger partial charge >= 0.3 is 6.18 Å². The van der Waals surface area contributed by atoms with E-state index >= 15 is 0 Å². The number of benzene rings is 1. The molecule has 1 heterocycles. The third kappa shape index (κ3) is 4.96. The summed E-state index contributed by atoms with van der Waals surface area (Å²) in [5, 5.41) is 15.8. The molecule has 10 heteroatoms. The lowest BCUT2D eigenvalue weighted by Gasteiger charge is -2.14. The number of alkyl halides is 3. The standard InChI is InChI=1S/C15H14F3N3O4/c16-15(17,18)11-9-10(21(23)24)4-5-12(11)19-6-2-7-20-14(22)13-3-1-8-25-13/h1,3-5,8-9,19H,2,6-7H2,(H,20,22). The highest BCUT2D eigenvalue weighted by atomic mass is 19.4. The Bertz CT molecular complexity index is 745. The van der Waals surface area contributed by atoms with Gasteiger partial charge in [0, 0.05) is 30.9 Å². The second kappa shape index (κ2) is 7.69. The van der Waals surface area contributed by atoms with Crippen LogP contribution in [-0.2, 0) is 6.18 Å². The summed E-state index contributed by atoms with van der Waals surface area (Å²) >= 11 is 0. The van der Waals surface area contributed by atoms with Gasteiger partial charge < -0.3 is 15.1 Å². The van der Waals surface area contributed by atoms with Crippen molar-refractivity contribution in [2.24, 2.45) is 0 Å². The van der Waals surface area contributed by atoms with Gasteiger partial charge in [0.25, 0.3) is 11.6 Å². The highest BCUT2D eigenvalue weighted by molar-refractivity contribution is 5.91. The average molecular weight is 357 g/mol. The highest BCUT2D eigenvalue weighted by Gasteiger charge is 2.35. The molecule has 1 amide bonds. The molecule has 0 radical (unpaired) electrons. The molecule has 0 bridgehead atoms. The first-order chi connectivity index (χ1) is 11.8. The van der Waals surface area contributed by atoms with Crippen molar-refractivity contribution < 1.29 is 27.3 Å². The number of hydrogen-bond donors (Lipinski definition) is 2. The molecule has 1 aromatic heterocycles. The van der Waals surface area contributed by atoms with Gasteiger partial charge in [0.1, 0.15) is 0 Å². The zero-order chi connectivity index (χ0) is 18.4. The summed E-state index contributed by atoms with van der Waals surface area (Å²) in [4.78, 5) is 21.3. The van der Waals surface area contributed by atoms with E-state index in [0.29, 0.717) is 12.5 Å². The molecular formula is C15H14F3N3O4. The van der Waals surface area contributed by atoms with E-state index in [1.54, 1.807) is 6.07 Å². The number of furan rings is 1. The predicted octanol–water partition coefficient (Wildman–Crippen LogP) is 3.44. The number of halogens is 3. The van der Waals surface area contributed by atoms with Crippen molar-refractivity contribution in [3.8, 4) is 0 Å². The number of non-ortho nitro benzene ring substituents is 1. The van der Waals surface area contributed by atoms with Gasteiger partial charge in [-0.15, -0.1) is 0 Å². The van der Waals surface area contributed by atoms with Gasteiger partial charge in [0.2, 0.25) is 0 Å². The summed E-state index contributed by atoms with van der Waals surface area (Å²) in [5.74, 6) is -0.279. The van der Waals surface area contributed by atoms with Crippen LogP contribution in [0.3, 0.4) is 0 Å². The van der Waals surface area contributed by atoms with Gasteiger partial charge in [0.15, 0.2) is 5.76 Å². The minimum Gasteiger partial charge on any atom is -0.459 e. The monoisotopic (exact) mass is 357 g/mol. The van der Waals surface area contributed by atoms with Crippen LogP contribution in [0.5, 0.6) is 0 Å². The summed E-state index contributed by atoms with van der Waals surface area (Å²) in [5.41, 5.74) is -2.00. The summed E-state index contributed by atoms with van der Waals surface area (Å²) in [7, 11) is 0. The molecule has 0 unspecified atom stereocenters. The molecule has 7 nitrogen and oxygen atoms in total. The van der Waals surface area contributed by atoms with Crippen molar-refractivity contribution in [1.82, 2.24) is 5.32 Å². The van der Waals surface area contributed by atoms with E-state index in [0.717, 1.165) is 12.1 Å². The zero-order valence-electron chi connectivity index (χ0n) is 12.8. The number of carbonyl (C=O) groups is 1. The summed E-state index contributed by atoms with van der Waals surface area (Å²) < 4.78 is 43.9. The molecule has 0 aliphatic heterocycles. The van der Waals surface area contributed by atoms with Gasteiger partial charge in [-0.1, -0.05) is 0 Å². The van der Waals surface area contributed by atoms with Crippen molar-refractivity contribution in [2.75, 3.05) is 18.4 Å². The average Bonchev–Trinajstić information content (AvgIpc) is 3.08. The molecular weight excluding hydrogens is 343 g/mol. The number of nitrogens with zero attached hydrogens (tertiary/aromatic N) is 1. The SMILES string of the molecule is O=C(NCCCNc1ccc([N+](=O)[O-])cc1C(F)(F)F)c1ccco1. The van der Waals surface area contributed by atoms with Crippen LogP contribution in [0.1, 0.15) is 22.5 Å². The lowest BCUT2D eigenvalue weighted by molar-refractivity contribution is -0.385. The second-order valence-electron chi connectivity index (χ2n) is 5.00. The maximum atomic E-state index is 13.0. The summed E-state index contributed by atoms with van der Waals surface area (Å²) in [6.07, 6.45) is -3.02. The van der Waals surface area contributed by atoms with E-state index in [1.165, 1.54) is 12.3 Å². The van der Waals surface area contributed by atoms with Crippen LogP contribution in [0.25, 0.3) is 0 Å². The maximum absolute atomic E-state index is 13.0. The molecule has 0 aliphatic carbocycles. The number of nitrogens with one attached hydrogen (secondary N) is 2. The number of nitro groups is 1. The van der Waals surface area contributed by atoms with Crippen molar-refractivity contribution >= 4 is 17.3 Å². The van der Waals surface area contributed by atoms with Gasteiger partial charge in [-0.3, -0.25) is 14.9 Å². The molecule has 0 saturated carbocycles. The van der Waals surface area contributed by atoms with Crippen molar-refractivity contribution in [1.29, 1.82) is 0 Å². The van der Waals surface area contributed by atoms with Crippen molar-refractivity contribution in [3.05, 3.63) is 58.0 Å². The number of anilines is 1. The first kappa shape index (κ1) is 18.3. The summed E-state index contributed by atoms with van der Waals surface area (Å²) in [6, 6.07) is 5.55. The Morgan fingerprint density at radius 2 is 2.00 bits per heavy atom. The van der Waals surface area contributed by atoms with E-state index in [4.69, 9.17) is 4.42 Å². The van der Waals surface area contributed by atoms with Crippen molar-refractivity contribution in [3.63, 3.8) is 0 Å². The van der Waals surface area contributed by atoms with Gasteiger partial charge in [-0.05, 0) is 24.6 Å². The third-order valence-electron chi connectivity index (χ3n) is 3.22. The fourth-order valence-corrected chi connectivity index (χ4v) is 2.04. The number of amides is 1. The summed E-state index contributed by atoms with van der Waals surface area (Å²) in [6.45, 7) is 0.361. The van der Waals surface area contributed by atoms with Gasteiger partial charge in [0.05, 0.1) is 16.7 Å². The van der Waals surface area contributed by atoms with Crippen LogP contribution >= 0.6 is 0 Å². The molecule has 25 heavy (non-hydrogen) atoms. The Kier molecular flexibility index (Phi) is 5.63. The Hall–Kier alpha value is -3.04. The fraction of sp³-hybridized carbons (Fsp3) is 0.267. The lowest BCUT2D eigenvalue weighted by Crippen LogP contribution is -2.25. The Labute approximate surface area is 140 Å². The fourth-order valence-electron chi connectivity index (χ4n) is 2.04. The number of hydrogen-bond acceptors (Lipinski definition) is 5. The molecule has 0 saturated heterocycles. The largest absolute Gasteiger partial charge is 0.459 e. The minimum atomic E-state index is -4.72. The molecule has 0 spiro atoms. The molecule has 0 atom stereocenters. The predicted molar refractivity (Wildman–Crippen MR) is 82.2 cm³/mol. The van der Waals surface area contributed by atoms with Crippen LogP contribution in [0, 0.1) is 10.1 Å². The quantitative estimate of drug-likeness (QED) is 0.449. The highest BCUT2D eigenvalue weighted by Crippen LogP contribution is 2.37. The molecule has 2 N–H and O–H groups in total. The Morgan fingerprint density at radius 3 is 2.60 bits per heavy atom. The normalized spacial score (nSPS) is 11.2. The molecule has 2 rings (SSSR count). The zero-order valence-corrected chi connectivity index (χ0v) is 12.8. The first-order valence-corrected chi connectivity index (χ1v) is 7.20. The molecule has 0 aliphatic rings. The van der Waals surface area contributed by atoms with Crippen LogP contribution in [0.4, 0.5) is 24.5 Å². The second-order valence-corrected chi connectivity index (χ2v) is 5.00. The van der Waals surface area contributed by atoms with E-state index in [2.05, 4.69) is 10.6 Å². The van der Waals surface area contributed by atoms with E-state index in [-0.39, 0.29) is 24.5 Å². The van der Waals surface area contributed by atoms with Crippen LogP contribution in [0.15, 0.2) is 41.0 Å². The Balaban J connectivity index is 1.90. The number of rotatable bonds is 7. The smallest absolute Gasteiger partial charge is 0.418 e. The number of carbonyl (C=O) groups excluding carboxylic acids is 1. The van der Waals surface area contributed by atoms with E-state index < -0.39 is 28.3 Å². The molecule has 2 aromatic rings. The van der Waals surface area contributed by atoms with Crippen molar-refractivity contribution in [2.45, 2.75) is 12.6 Å². The molecule has 1 aromatic carbocycles. The maximum Gasteiger partial charge on any atom is 0.418 e. The third-order valence-corrected chi connectivity index (χ3v) is 3.22. The van der Waals surface area contributed by atoms with E-state index in [1.807, 2.05) is 0 Å². The van der Waals surface area contributed by atoms with Crippen LogP contribution < -0.4 is 10.6 Å². The van der Waals surface area contributed by atoms with Crippen LogP contribution in [0.2, 0.25) is 0 Å². The van der Waals surface area contributed by atoms with Crippen LogP contribution in [-0.4, -0.2) is 23.9 Å². The van der Waals surface area contributed by atoms with Gasteiger partial charge in [-0.2, -0.15) is 13.2 Å². The lowest BCUT2D eigenvalue weighted by atomic mass is 10.1. The molecule has 0 fully saturated rings. The molecule has 134 valence electrons. The first-order valence-electron chi connectivity index (χ1n) is 7.20.